The minimum atomic E-state index is -1.14. The summed E-state index contributed by atoms with van der Waals surface area (Å²) in [6, 6.07) is 54.9. The Morgan fingerprint density at radius 2 is 1.10 bits per heavy atom. The molecular formula is C36H26NSSi. The highest BCUT2D eigenvalue weighted by Gasteiger charge is 2.20. The highest BCUT2D eigenvalue weighted by molar-refractivity contribution is 7.26. The summed E-state index contributed by atoms with van der Waals surface area (Å²) in [4.78, 5) is 0. The molecular weight excluding hydrogens is 507 g/mol. The monoisotopic (exact) mass is 532 g/mol. The second kappa shape index (κ2) is 10.4. The molecule has 0 aliphatic rings. The number of hydrogen-bond acceptors (Lipinski definition) is 2. The predicted molar refractivity (Wildman–Crippen MR) is 172 cm³/mol. The molecule has 0 aliphatic carbocycles. The van der Waals surface area contributed by atoms with Crippen molar-refractivity contribution in [3.05, 3.63) is 152 Å². The number of anilines is 2. The molecule has 7 aromatic rings. The molecule has 1 N–H and O–H groups in total. The molecule has 1 heterocycles. The van der Waals surface area contributed by atoms with Gasteiger partial charge in [-0.3, -0.25) is 0 Å². The van der Waals surface area contributed by atoms with Crippen LogP contribution in [0.1, 0.15) is 0 Å². The second-order valence-corrected chi connectivity index (χ2v) is 13.2. The lowest BCUT2D eigenvalue weighted by Crippen LogP contribution is -2.51. The minimum Gasteiger partial charge on any atom is -0.355 e. The molecule has 1 aromatic heterocycles. The van der Waals surface area contributed by atoms with Crippen LogP contribution < -0.4 is 20.9 Å². The van der Waals surface area contributed by atoms with Crippen LogP contribution >= 0.6 is 11.3 Å². The van der Waals surface area contributed by atoms with Gasteiger partial charge in [0, 0.05) is 37.1 Å². The third kappa shape index (κ3) is 4.57. The summed E-state index contributed by atoms with van der Waals surface area (Å²) in [7, 11) is -1.14. The average Bonchev–Trinajstić information content (AvgIpc) is 3.38. The molecule has 0 fully saturated rings. The van der Waals surface area contributed by atoms with E-state index in [0.29, 0.717) is 0 Å². The largest absolute Gasteiger partial charge is 0.355 e. The first-order valence-corrected chi connectivity index (χ1v) is 15.5. The smallest absolute Gasteiger partial charge is 0.154 e. The molecule has 0 saturated carbocycles. The summed E-state index contributed by atoms with van der Waals surface area (Å²) in [6.45, 7) is 0. The van der Waals surface area contributed by atoms with E-state index in [2.05, 4.69) is 157 Å². The van der Waals surface area contributed by atoms with Crippen LogP contribution in [0.15, 0.2) is 152 Å². The van der Waals surface area contributed by atoms with Gasteiger partial charge in [-0.05, 0) is 35.0 Å². The molecule has 0 unspecified atom stereocenters. The second-order valence-electron chi connectivity index (χ2n) is 9.64. The zero-order chi connectivity index (χ0) is 26.0. The Labute approximate surface area is 234 Å². The van der Waals surface area contributed by atoms with E-state index >= 15 is 0 Å². The van der Waals surface area contributed by atoms with Gasteiger partial charge in [-0.15, -0.1) is 11.3 Å². The summed E-state index contributed by atoms with van der Waals surface area (Å²) in [6.07, 6.45) is 0. The molecule has 0 amide bonds. The first-order chi connectivity index (χ1) is 19.3. The van der Waals surface area contributed by atoms with Crippen LogP contribution in [0.25, 0.3) is 31.3 Å². The molecule has 0 aliphatic heterocycles. The molecule has 0 atom stereocenters. The van der Waals surface area contributed by atoms with Crippen molar-refractivity contribution in [2.24, 2.45) is 0 Å². The summed E-state index contributed by atoms with van der Waals surface area (Å²) in [5.41, 5.74) is 4.73. The van der Waals surface area contributed by atoms with Crippen molar-refractivity contribution in [1.29, 1.82) is 0 Å². The topological polar surface area (TPSA) is 12.0 Å². The van der Waals surface area contributed by atoms with Gasteiger partial charge in [0.15, 0.2) is 8.80 Å². The fraction of sp³-hybridized carbons (Fsp3) is 0. The zero-order valence-electron chi connectivity index (χ0n) is 21.3. The van der Waals surface area contributed by atoms with Gasteiger partial charge in [0.25, 0.3) is 0 Å². The van der Waals surface area contributed by atoms with Crippen molar-refractivity contribution < 1.29 is 0 Å². The highest BCUT2D eigenvalue weighted by atomic mass is 32.1. The number of thiophene rings is 1. The third-order valence-corrected chi connectivity index (χ3v) is 11.1. The normalized spacial score (nSPS) is 11.3. The molecule has 185 valence electrons. The van der Waals surface area contributed by atoms with Crippen molar-refractivity contribution in [3.63, 3.8) is 0 Å². The molecule has 1 radical (unpaired) electrons. The first-order valence-electron chi connectivity index (χ1n) is 13.2. The van der Waals surface area contributed by atoms with E-state index in [4.69, 9.17) is 0 Å². The minimum absolute atomic E-state index is 1.11. The fourth-order valence-electron chi connectivity index (χ4n) is 5.40. The van der Waals surface area contributed by atoms with Gasteiger partial charge < -0.3 is 5.32 Å². The van der Waals surface area contributed by atoms with Crippen LogP contribution in [-0.2, 0) is 0 Å². The van der Waals surface area contributed by atoms with E-state index in [1.807, 2.05) is 11.3 Å². The van der Waals surface area contributed by atoms with Crippen LogP contribution in [0.4, 0.5) is 11.4 Å². The van der Waals surface area contributed by atoms with E-state index in [9.17, 15) is 0 Å². The van der Waals surface area contributed by atoms with Crippen LogP contribution in [0, 0.1) is 0 Å². The summed E-state index contributed by atoms with van der Waals surface area (Å²) < 4.78 is 2.64. The van der Waals surface area contributed by atoms with E-state index in [1.165, 1.54) is 46.9 Å². The van der Waals surface area contributed by atoms with Gasteiger partial charge in [0.1, 0.15) is 0 Å². The lowest BCUT2D eigenvalue weighted by molar-refractivity contribution is 1.57. The molecule has 0 saturated heterocycles. The summed E-state index contributed by atoms with van der Waals surface area (Å²) in [5, 5.41) is 10.6. The van der Waals surface area contributed by atoms with Crippen LogP contribution in [0.3, 0.4) is 0 Å². The van der Waals surface area contributed by atoms with Gasteiger partial charge in [-0.25, -0.2) is 0 Å². The van der Waals surface area contributed by atoms with Crippen molar-refractivity contribution in [2.75, 3.05) is 5.32 Å². The maximum atomic E-state index is 3.83. The van der Waals surface area contributed by atoms with E-state index in [0.717, 1.165) is 11.4 Å². The van der Waals surface area contributed by atoms with E-state index in [1.54, 1.807) is 0 Å². The number of hydrogen-bond donors (Lipinski definition) is 1. The van der Waals surface area contributed by atoms with E-state index in [-0.39, 0.29) is 0 Å². The standard InChI is InChI=1S/C36H26NSSi/c1-4-13-26(14-5-1)35-33(24-23-32-31-21-10-11-22-34(31)38-36(32)35)37-27-15-12-20-30(25-27)39(28-16-6-2-7-17-28)29-18-8-3-9-19-29/h1-25,37H. The van der Waals surface area contributed by atoms with Crippen molar-refractivity contribution >= 4 is 67.2 Å². The predicted octanol–water partition coefficient (Wildman–Crippen LogP) is 7.98. The van der Waals surface area contributed by atoms with Gasteiger partial charge in [-0.1, -0.05) is 138 Å². The quantitative estimate of drug-likeness (QED) is 0.169. The Balaban J connectivity index is 1.35. The van der Waals surface area contributed by atoms with Crippen LogP contribution in [-0.4, -0.2) is 8.80 Å². The number of nitrogens with one attached hydrogen (secondary N) is 1. The summed E-state index contributed by atoms with van der Waals surface area (Å²) in [5.74, 6) is 0. The lowest BCUT2D eigenvalue weighted by atomic mass is 10.0. The van der Waals surface area contributed by atoms with Crippen LogP contribution in [0.5, 0.6) is 0 Å². The Bertz CT molecular complexity index is 1840. The molecule has 39 heavy (non-hydrogen) atoms. The molecule has 1 nitrogen and oxygen atoms in total. The Hall–Kier alpha value is -4.44. The average molecular weight is 533 g/mol. The SMILES string of the molecule is c1ccc(-c2c(Nc3cccc([Si](c4ccccc4)c4ccccc4)c3)ccc3c2sc2ccccc23)cc1. The fourth-order valence-corrected chi connectivity index (χ4v) is 9.29. The van der Waals surface area contributed by atoms with Crippen molar-refractivity contribution in [2.45, 2.75) is 0 Å². The molecule has 3 heteroatoms. The third-order valence-electron chi connectivity index (χ3n) is 7.16. The van der Waals surface area contributed by atoms with Gasteiger partial charge in [0.2, 0.25) is 0 Å². The number of fused-ring (bicyclic) bond motifs is 3. The maximum Gasteiger partial charge on any atom is 0.154 e. The molecule has 0 spiro atoms. The first kappa shape index (κ1) is 23.7. The number of rotatable bonds is 6. The zero-order valence-corrected chi connectivity index (χ0v) is 23.2. The van der Waals surface area contributed by atoms with Gasteiger partial charge >= 0.3 is 0 Å². The Morgan fingerprint density at radius 1 is 0.487 bits per heavy atom. The number of benzene rings is 6. The van der Waals surface area contributed by atoms with E-state index < -0.39 is 8.80 Å². The Morgan fingerprint density at radius 3 is 1.82 bits per heavy atom. The molecule has 6 aromatic carbocycles. The Kier molecular flexibility index (Phi) is 6.29. The van der Waals surface area contributed by atoms with Crippen molar-refractivity contribution in [3.8, 4) is 11.1 Å². The molecule has 7 rings (SSSR count). The van der Waals surface area contributed by atoms with Gasteiger partial charge in [0.05, 0.1) is 0 Å². The lowest BCUT2D eigenvalue weighted by Gasteiger charge is -2.19. The maximum absolute atomic E-state index is 3.83. The molecule has 0 bridgehead atoms. The highest BCUT2D eigenvalue weighted by Crippen LogP contribution is 2.44. The van der Waals surface area contributed by atoms with Crippen LogP contribution in [0.2, 0.25) is 0 Å². The van der Waals surface area contributed by atoms with Crippen molar-refractivity contribution in [1.82, 2.24) is 0 Å². The summed E-state index contributed by atoms with van der Waals surface area (Å²) >= 11 is 1.88. The van der Waals surface area contributed by atoms with Gasteiger partial charge in [-0.2, -0.15) is 0 Å².